The minimum absolute atomic E-state index is 0.0931. The van der Waals surface area contributed by atoms with Gasteiger partial charge in [-0.1, -0.05) is 13.8 Å². The summed E-state index contributed by atoms with van der Waals surface area (Å²) in [4.78, 5) is 65.6. The van der Waals surface area contributed by atoms with Crippen molar-refractivity contribution in [3.8, 4) is 0 Å². The van der Waals surface area contributed by atoms with E-state index < -0.39 is 24.0 Å². The van der Waals surface area contributed by atoms with Crippen LogP contribution in [-0.4, -0.2) is 77.0 Å². The zero-order valence-electron chi connectivity index (χ0n) is 19.2. The molecule has 2 aliphatic rings. The molecule has 0 saturated carbocycles. The zero-order valence-corrected chi connectivity index (χ0v) is 19.2. The van der Waals surface area contributed by atoms with Crippen molar-refractivity contribution in [1.29, 1.82) is 0 Å². The highest BCUT2D eigenvalue weighted by Crippen LogP contribution is 2.30. The molecule has 0 aliphatic carbocycles. The Bertz CT molecular complexity index is 945. The average Bonchev–Trinajstić information content (AvgIpc) is 3.32. The number of Topliss-reactive ketones (excluding diaryl/α,β-unsaturated/α-hetero) is 1. The Balaban J connectivity index is 1.73. The van der Waals surface area contributed by atoms with Crippen molar-refractivity contribution in [3.05, 3.63) is 29.8 Å². The third kappa shape index (κ3) is 5.50. The van der Waals surface area contributed by atoms with Crippen molar-refractivity contribution in [3.63, 3.8) is 0 Å². The van der Waals surface area contributed by atoms with E-state index in [9.17, 15) is 24.0 Å². The van der Waals surface area contributed by atoms with Crippen LogP contribution in [0.1, 0.15) is 44.0 Å². The number of nitrogen functional groups attached to an aromatic ring is 1. The van der Waals surface area contributed by atoms with E-state index in [0.717, 1.165) is 0 Å². The molecule has 2 aliphatic heterocycles. The highest BCUT2D eigenvalue weighted by molar-refractivity contribution is 6.01. The van der Waals surface area contributed by atoms with Crippen LogP contribution < -0.4 is 16.4 Å². The van der Waals surface area contributed by atoms with Crippen LogP contribution >= 0.6 is 0 Å². The van der Waals surface area contributed by atoms with Gasteiger partial charge in [0.1, 0.15) is 12.1 Å². The van der Waals surface area contributed by atoms with E-state index in [1.54, 1.807) is 24.3 Å². The van der Waals surface area contributed by atoms with Crippen LogP contribution in [0.5, 0.6) is 0 Å². The number of fused-ring (bicyclic) bond motifs is 1. The lowest BCUT2D eigenvalue weighted by molar-refractivity contribution is -0.138. The summed E-state index contributed by atoms with van der Waals surface area (Å²) < 4.78 is 0. The molecule has 3 unspecified atom stereocenters. The molecule has 1 aromatic rings. The summed E-state index contributed by atoms with van der Waals surface area (Å²) in [6.45, 7) is 5.25. The Morgan fingerprint density at radius 1 is 1.12 bits per heavy atom. The Morgan fingerprint density at radius 2 is 1.79 bits per heavy atom. The molecule has 2 heterocycles. The van der Waals surface area contributed by atoms with Gasteiger partial charge in [0.05, 0.1) is 19.1 Å². The molecule has 33 heavy (non-hydrogen) atoms. The zero-order chi connectivity index (χ0) is 24.3. The lowest BCUT2D eigenvalue weighted by Gasteiger charge is -2.29. The smallest absolute Gasteiger partial charge is 0.251 e. The Labute approximate surface area is 192 Å². The number of hydrogen-bond donors (Lipinski definition) is 3. The molecule has 0 aromatic heterocycles. The normalized spacial score (nSPS) is 20.5. The number of rotatable bonds is 7. The summed E-state index contributed by atoms with van der Waals surface area (Å²) in [5.41, 5.74) is 6.60. The largest absolute Gasteiger partial charge is 0.399 e. The quantitative estimate of drug-likeness (QED) is 0.490. The second kappa shape index (κ2) is 10.0. The molecule has 0 bridgehead atoms. The summed E-state index contributed by atoms with van der Waals surface area (Å²) in [6.07, 6.45) is 0.876. The molecule has 178 valence electrons. The summed E-state index contributed by atoms with van der Waals surface area (Å²) in [5.74, 6) is -1.49. The lowest BCUT2D eigenvalue weighted by Crippen LogP contribution is -2.53. The number of anilines is 1. The fourth-order valence-electron chi connectivity index (χ4n) is 4.46. The van der Waals surface area contributed by atoms with Crippen molar-refractivity contribution >= 4 is 35.1 Å². The molecule has 0 radical (unpaired) electrons. The highest BCUT2D eigenvalue weighted by Gasteiger charge is 2.52. The van der Waals surface area contributed by atoms with E-state index in [0.29, 0.717) is 30.6 Å². The van der Waals surface area contributed by atoms with Crippen LogP contribution in [0.15, 0.2) is 24.3 Å². The number of nitrogens with zero attached hydrogens (tertiary/aromatic N) is 2. The molecule has 4 N–H and O–H groups in total. The molecule has 2 fully saturated rings. The molecule has 4 amide bonds. The fraction of sp³-hybridized carbons (Fsp3) is 0.522. The third-order valence-corrected chi connectivity index (χ3v) is 6.00. The first-order valence-electron chi connectivity index (χ1n) is 11.1. The maximum Gasteiger partial charge on any atom is 0.251 e. The number of likely N-dealkylation sites (tertiary alicyclic amines) is 2. The first-order valence-corrected chi connectivity index (χ1v) is 11.1. The van der Waals surface area contributed by atoms with Crippen molar-refractivity contribution in [2.75, 3.05) is 25.4 Å². The molecular weight excluding hydrogens is 426 g/mol. The van der Waals surface area contributed by atoms with Gasteiger partial charge in [-0.2, -0.15) is 0 Å². The first-order chi connectivity index (χ1) is 15.6. The SMILES string of the molecule is CC(=O)NCC(=O)N1CC(=O)C2C1CCN2C(=O)C(CC(C)C)NC(=O)c1ccc(N)cc1. The van der Waals surface area contributed by atoms with Gasteiger partial charge in [0, 0.05) is 24.7 Å². The van der Waals surface area contributed by atoms with E-state index in [1.807, 2.05) is 13.8 Å². The molecule has 1 aromatic carbocycles. The minimum atomic E-state index is -0.800. The molecule has 2 saturated heterocycles. The average molecular weight is 458 g/mol. The standard InChI is InChI=1S/C23H31N5O5/c1-13(2)10-17(26-22(32)15-4-6-16(24)7-5-15)23(33)27-9-8-18-21(27)19(30)12-28(18)20(31)11-25-14(3)29/h4-7,13,17-18,21H,8-12,24H2,1-3H3,(H,25,29)(H,26,32). The van der Waals surface area contributed by atoms with Gasteiger partial charge in [-0.3, -0.25) is 24.0 Å². The van der Waals surface area contributed by atoms with E-state index in [1.165, 1.54) is 16.7 Å². The predicted octanol–water partition coefficient (Wildman–Crippen LogP) is -0.0698. The summed E-state index contributed by atoms with van der Waals surface area (Å²) in [6, 6.07) is 4.45. The van der Waals surface area contributed by atoms with Crippen LogP contribution in [0.25, 0.3) is 0 Å². The number of nitrogens with two attached hydrogens (primary N) is 1. The first kappa shape index (κ1) is 24.2. The van der Waals surface area contributed by atoms with Crippen LogP contribution in [0.4, 0.5) is 5.69 Å². The summed E-state index contributed by atoms with van der Waals surface area (Å²) in [5, 5.41) is 5.27. The van der Waals surface area contributed by atoms with Crippen LogP contribution in [0.2, 0.25) is 0 Å². The fourth-order valence-corrected chi connectivity index (χ4v) is 4.46. The third-order valence-electron chi connectivity index (χ3n) is 6.00. The molecule has 3 atom stereocenters. The Morgan fingerprint density at radius 3 is 2.39 bits per heavy atom. The topological polar surface area (TPSA) is 142 Å². The van der Waals surface area contributed by atoms with Gasteiger partial charge in [0.2, 0.25) is 17.7 Å². The van der Waals surface area contributed by atoms with Gasteiger partial charge in [-0.15, -0.1) is 0 Å². The number of carbonyl (C=O) groups excluding carboxylic acids is 5. The molecular formula is C23H31N5O5. The second-order valence-electron chi connectivity index (χ2n) is 9.01. The highest BCUT2D eigenvalue weighted by atomic mass is 16.2. The number of hydrogen-bond acceptors (Lipinski definition) is 6. The van der Waals surface area contributed by atoms with Crippen molar-refractivity contribution < 1.29 is 24.0 Å². The van der Waals surface area contributed by atoms with Gasteiger partial charge < -0.3 is 26.2 Å². The number of benzene rings is 1. The molecule has 3 rings (SSSR count). The van der Waals surface area contributed by atoms with E-state index in [4.69, 9.17) is 5.73 Å². The lowest BCUT2D eigenvalue weighted by atomic mass is 10.0. The van der Waals surface area contributed by atoms with Crippen LogP contribution in [-0.2, 0) is 19.2 Å². The number of amides is 4. The van der Waals surface area contributed by atoms with Gasteiger partial charge in [0.15, 0.2) is 5.78 Å². The number of nitrogens with one attached hydrogen (secondary N) is 2. The maximum absolute atomic E-state index is 13.5. The molecule has 10 heteroatoms. The van der Waals surface area contributed by atoms with Crippen LogP contribution in [0.3, 0.4) is 0 Å². The number of carbonyl (C=O) groups is 5. The van der Waals surface area contributed by atoms with Gasteiger partial charge in [-0.05, 0) is 43.0 Å². The molecule has 0 spiro atoms. The number of ketones is 1. The van der Waals surface area contributed by atoms with E-state index in [2.05, 4.69) is 10.6 Å². The minimum Gasteiger partial charge on any atom is -0.399 e. The van der Waals surface area contributed by atoms with Gasteiger partial charge >= 0.3 is 0 Å². The van der Waals surface area contributed by atoms with Gasteiger partial charge in [-0.25, -0.2) is 0 Å². The monoisotopic (exact) mass is 457 g/mol. The van der Waals surface area contributed by atoms with E-state index >= 15 is 0 Å². The second-order valence-corrected chi connectivity index (χ2v) is 9.01. The van der Waals surface area contributed by atoms with Crippen molar-refractivity contribution in [2.45, 2.75) is 51.7 Å². The Kier molecular flexibility index (Phi) is 7.35. The predicted molar refractivity (Wildman–Crippen MR) is 121 cm³/mol. The van der Waals surface area contributed by atoms with Crippen LogP contribution in [0, 0.1) is 5.92 Å². The summed E-state index contributed by atoms with van der Waals surface area (Å²) >= 11 is 0. The van der Waals surface area contributed by atoms with Gasteiger partial charge in [0.25, 0.3) is 5.91 Å². The Hall–Kier alpha value is -3.43. The maximum atomic E-state index is 13.5. The summed E-state index contributed by atoms with van der Waals surface area (Å²) in [7, 11) is 0. The van der Waals surface area contributed by atoms with Crippen molar-refractivity contribution in [1.82, 2.24) is 20.4 Å². The van der Waals surface area contributed by atoms with Crippen molar-refractivity contribution in [2.24, 2.45) is 5.92 Å². The molecule has 10 nitrogen and oxygen atoms in total. The van der Waals surface area contributed by atoms with E-state index in [-0.39, 0.29) is 42.5 Å².